The number of carbonyl (C=O) groups excluding carboxylic acids is 1. The first-order valence-corrected chi connectivity index (χ1v) is 11.5. The zero-order valence-corrected chi connectivity index (χ0v) is 18.2. The molecule has 1 heterocycles. The van der Waals surface area contributed by atoms with Gasteiger partial charge in [-0.05, 0) is 69.4 Å². The van der Waals surface area contributed by atoms with Crippen molar-refractivity contribution >= 4 is 12.2 Å². The first-order chi connectivity index (χ1) is 14.2. The molecule has 3 rings (SSSR count). The summed E-state index contributed by atoms with van der Waals surface area (Å²) in [6.45, 7) is 4.79. The first kappa shape index (κ1) is 22.1. The summed E-state index contributed by atoms with van der Waals surface area (Å²) in [4.78, 5) is 16.0. The predicted octanol–water partition coefficient (Wildman–Crippen LogP) is 5.50. The molecule has 0 aromatic rings. The van der Waals surface area contributed by atoms with Crippen LogP contribution in [0.3, 0.4) is 0 Å². The maximum absolute atomic E-state index is 11.3. The average Bonchev–Trinajstić information content (AvgIpc) is 2.74. The van der Waals surface area contributed by atoms with Crippen LogP contribution in [0.4, 0.5) is 0 Å². The number of ether oxygens (including phenoxy) is 3. The number of hydrogen-bond acceptors (Lipinski definition) is 5. The van der Waals surface area contributed by atoms with E-state index < -0.39 is 0 Å². The van der Waals surface area contributed by atoms with Crippen molar-refractivity contribution in [3.63, 3.8) is 0 Å². The van der Waals surface area contributed by atoms with E-state index in [1.807, 2.05) is 6.21 Å². The molecule has 3 aliphatic rings. The van der Waals surface area contributed by atoms with Crippen LogP contribution in [0.5, 0.6) is 0 Å². The second-order valence-corrected chi connectivity index (χ2v) is 8.52. The summed E-state index contributed by atoms with van der Waals surface area (Å²) >= 11 is 0. The minimum Gasteiger partial charge on any atom is -0.494 e. The highest BCUT2D eigenvalue weighted by molar-refractivity contribution is 5.66. The molecule has 0 bridgehead atoms. The van der Waals surface area contributed by atoms with Gasteiger partial charge in [0.25, 0.3) is 0 Å². The predicted molar refractivity (Wildman–Crippen MR) is 115 cm³/mol. The van der Waals surface area contributed by atoms with Crippen LogP contribution in [0.25, 0.3) is 0 Å². The summed E-state index contributed by atoms with van der Waals surface area (Å²) in [6.07, 6.45) is 16.2. The van der Waals surface area contributed by atoms with E-state index in [9.17, 15) is 4.79 Å². The zero-order chi connectivity index (χ0) is 20.5. The molecule has 5 heteroatoms. The number of nitrogens with zero attached hydrogens (tertiary/aromatic N) is 1. The van der Waals surface area contributed by atoms with Gasteiger partial charge in [0.05, 0.1) is 24.2 Å². The average molecular weight is 404 g/mol. The van der Waals surface area contributed by atoms with Gasteiger partial charge in [-0.15, -0.1) is 0 Å². The number of rotatable bonds is 10. The van der Waals surface area contributed by atoms with Gasteiger partial charge in [-0.1, -0.05) is 13.3 Å². The standard InChI is InChI=1S/C24H37NO4/c1-3-4-11-22(29-18(2)26)17-27-21-12-5-8-19(15-21)16-28-23-13-6-9-20-10-7-14-25-24(20)23/h14-15,19,22-23H,3-13,16-17H2,1-2H3. The Morgan fingerprint density at radius 1 is 1.24 bits per heavy atom. The molecule has 0 radical (unpaired) electrons. The summed E-state index contributed by atoms with van der Waals surface area (Å²) < 4.78 is 17.8. The van der Waals surface area contributed by atoms with E-state index in [0.717, 1.165) is 70.2 Å². The zero-order valence-electron chi connectivity index (χ0n) is 18.2. The highest BCUT2D eigenvalue weighted by Gasteiger charge is 2.26. The number of hydrogen-bond donors (Lipinski definition) is 0. The molecular formula is C24H37NO4. The van der Waals surface area contributed by atoms with E-state index in [1.54, 1.807) is 0 Å². The van der Waals surface area contributed by atoms with Gasteiger partial charge in [0.15, 0.2) is 0 Å². The van der Waals surface area contributed by atoms with E-state index in [4.69, 9.17) is 14.2 Å². The Balaban J connectivity index is 1.49. The first-order valence-electron chi connectivity index (χ1n) is 11.5. The molecule has 162 valence electrons. The van der Waals surface area contributed by atoms with Crippen molar-refractivity contribution in [3.05, 3.63) is 23.1 Å². The van der Waals surface area contributed by atoms with Crippen molar-refractivity contribution < 1.29 is 19.0 Å². The lowest BCUT2D eigenvalue weighted by Gasteiger charge is -2.30. The van der Waals surface area contributed by atoms with Gasteiger partial charge < -0.3 is 14.2 Å². The largest absolute Gasteiger partial charge is 0.494 e. The van der Waals surface area contributed by atoms with Gasteiger partial charge in [-0.25, -0.2) is 0 Å². The maximum atomic E-state index is 11.3. The van der Waals surface area contributed by atoms with Gasteiger partial charge in [0.1, 0.15) is 12.7 Å². The Morgan fingerprint density at radius 3 is 2.93 bits per heavy atom. The molecule has 0 N–H and O–H groups in total. The summed E-state index contributed by atoms with van der Waals surface area (Å²) in [5.41, 5.74) is 2.72. The van der Waals surface area contributed by atoms with Gasteiger partial charge in [0.2, 0.25) is 0 Å². The van der Waals surface area contributed by atoms with Crippen molar-refractivity contribution in [1.29, 1.82) is 0 Å². The Labute approximate surface area is 175 Å². The fourth-order valence-corrected chi connectivity index (χ4v) is 4.49. The van der Waals surface area contributed by atoms with Crippen LogP contribution in [0.2, 0.25) is 0 Å². The van der Waals surface area contributed by atoms with Crippen molar-refractivity contribution in [1.82, 2.24) is 0 Å². The molecule has 2 aliphatic carbocycles. The third kappa shape index (κ3) is 6.98. The molecule has 5 nitrogen and oxygen atoms in total. The van der Waals surface area contributed by atoms with Crippen LogP contribution in [0.1, 0.15) is 84.5 Å². The fourth-order valence-electron chi connectivity index (χ4n) is 4.49. The molecular weight excluding hydrogens is 366 g/mol. The minimum atomic E-state index is -0.231. The Morgan fingerprint density at radius 2 is 2.10 bits per heavy atom. The molecule has 3 atom stereocenters. The van der Waals surface area contributed by atoms with E-state index >= 15 is 0 Å². The summed E-state index contributed by atoms with van der Waals surface area (Å²) in [7, 11) is 0. The topological polar surface area (TPSA) is 57.1 Å². The molecule has 0 saturated carbocycles. The molecule has 29 heavy (non-hydrogen) atoms. The second kappa shape index (κ2) is 11.5. The van der Waals surface area contributed by atoms with E-state index in [-0.39, 0.29) is 18.2 Å². The van der Waals surface area contributed by atoms with Crippen molar-refractivity contribution in [2.24, 2.45) is 10.9 Å². The monoisotopic (exact) mass is 403 g/mol. The van der Waals surface area contributed by atoms with Crippen LogP contribution in [-0.4, -0.2) is 37.6 Å². The molecule has 0 amide bonds. The molecule has 1 aliphatic heterocycles. The van der Waals surface area contributed by atoms with E-state index in [2.05, 4.69) is 18.0 Å². The Hall–Kier alpha value is -1.62. The quantitative estimate of drug-likeness (QED) is 0.452. The van der Waals surface area contributed by atoms with Crippen LogP contribution in [0.15, 0.2) is 28.1 Å². The molecule has 3 unspecified atom stereocenters. The number of carbonyl (C=O) groups is 1. The summed E-state index contributed by atoms with van der Waals surface area (Å²) in [5.74, 6) is 1.18. The Bertz CT molecular complexity index is 637. The highest BCUT2D eigenvalue weighted by atomic mass is 16.6. The number of aliphatic imine (C=N–C) groups is 1. The van der Waals surface area contributed by atoms with Gasteiger partial charge in [-0.3, -0.25) is 9.79 Å². The summed E-state index contributed by atoms with van der Waals surface area (Å²) in [5, 5.41) is 0. The third-order valence-electron chi connectivity index (χ3n) is 6.02. The van der Waals surface area contributed by atoms with Crippen molar-refractivity contribution in [2.45, 2.75) is 96.7 Å². The molecule has 0 saturated heterocycles. The van der Waals surface area contributed by atoms with Crippen LogP contribution in [-0.2, 0) is 19.0 Å². The summed E-state index contributed by atoms with van der Waals surface area (Å²) in [6, 6.07) is 0. The maximum Gasteiger partial charge on any atom is 0.303 e. The number of unbranched alkanes of at least 4 members (excludes halogenated alkanes) is 1. The van der Waals surface area contributed by atoms with Gasteiger partial charge in [-0.2, -0.15) is 0 Å². The normalized spacial score (nSPS) is 25.2. The smallest absolute Gasteiger partial charge is 0.303 e. The van der Waals surface area contributed by atoms with Gasteiger partial charge in [0, 0.05) is 25.5 Å². The molecule has 0 aromatic carbocycles. The van der Waals surface area contributed by atoms with Crippen molar-refractivity contribution in [2.75, 3.05) is 13.2 Å². The Kier molecular flexibility index (Phi) is 8.78. The van der Waals surface area contributed by atoms with Crippen LogP contribution < -0.4 is 0 Å². The number of allylic oxidation sites excluding steroid dienone is 2. The van der Waals surface area contributed by atoms with Crippen LogP contribution in [0, 0.1) is 5.92 Å². The number of esters is 1. The van der Waals surface area contributed by atoms with E-state index in [1.165, 1.54) is 31.0 Å². The molecule has 0 aromatic heterocycles. The highest BCUT2D eigenvalue weighted by Crippen LogP contribution is 2.34. The lowest BCUT2D eigenvalue weighted by atomic mass is 9.89. The van der Waals surface area contributed by atoms with Gasteiger partial charge >= 0.3 is 5.97 Å². The lowest BCUT2D eigenvalue weighted by molar-refractivity contribution is -0.149. The van der Waals surface area contributed by atoms with Crippen LogP contribution >= 0.6 is 0 Å². The van der Waals surface area contributed by atoms with E-state index in [0.29, 0.717) is 12.5 Å². The second-order valence-electron chi connectivity index (χ2n) is 8.52. The minimum absolute atomic E-state index is 0.151. The SMILES string of the molecule is CCCCC(COC1=CC(COC2CCCC3=C2N=CCC3)CCC1)OC(C)=O. The van der Waals surface area contributed by atoms with Crippen molar-refractivity contribution in [3.8, 4) is 0 Å². The fraction of sp³-hybridized carbons (Fsp3) is 0.750. The lowest BCUT2D eigenvalue weighted by Crippen LogP contribution is -2.26. The third-order valence-corrected chi connectivity index (χ3v) is 6.02. The molecule has 0 spiro atoms. The molecule has 0 fully saturated rings.